The standard InChI is InChI=1S/CH6N2O3/c2-1(3,4)6-5/h4-5H,2-3H2. The molecule has 0 aliphatic heterocycles. The molecule has 0 aliphatic rings. The highest BCUT2D eigenvalue weighted by atomic mass is 17.1. The lowest BCUT2D eigenvalue weighted by atomic mass is 11.0. The van der Waals surface area contributed by atoms with Gasteiger partial charge in [0.2, 0.25) is 0 Å². The molecule has 0 saturated carbocycles. The van der Waals surface area contributed by atoms with Crippen LogP contribution in [-0.2, 0) is 4.89 Å². The summed E-state index contributed by atoms with van der Waals surface area (Å²) < 4.78 is 0. The molecule has 0 heterocycles. The van der Waals surface area contributed by atoms with Gasteiger partial charge >= 0.3 is 6.03 Å². The molecule has 0 rings (SSSR count). The maximum Gasteiger partial charge on any atom is 0.312 e. The third kappa shape index (κ3) is 3.80. The largest absolute Gasteiger partial charge is 0.339 e. The van der Waals surface area contributed by atoms with Crippen molar-refractivity contribution in [3.8, 4) is 0 Å². The van der Waals surface area contributed by atoms with Crippen molar-refractivity contribution in [2.75, 3.05) is 0 Å². The lowest BCUT2D eigenvalue weighted by molar-refractivity contribution is -0.388. The predicted molar refractivity (Wildman–Crippen MR) is 17.0 cm³/mol. The van der Waals surface area contributed by atoms with Gasteiger partial charge in [-0.15, -0.1) is 0 Å². The van der Waals surface area contributed by atoms with Gasteiger partial charge in [0, 0.05) is 0 Å². The minimum Gasteiger partial charge on any atom is -0.339 e. The van der Waals surface area contributed by atoms with Gasteiger partial charge in [-0.1, -0.05) is 0 Å². The van der Waals surface area contributed by atoms with E-state index in [9.17, 15) is 0 Å². The Bertz CT molecular complexity index is 38.5. The molecule has 6 N–H and O–H groups in total. The fraction of sp³-hybridized carbons (Fsp3) is 1.00. The summed E-state index contributed by atoms with van der Waals surface area (Å²) in [5, 5.41) is 15.3. The molecule has 0 radical (unpaired) electrons. The van der Waals surface area contributed by atoms with Gasteiger partial charge in [-0.2, -0.15) is 4.89 Å². The van der Waals surface area contributed by atoms with E-state index in [0.717, 1.165) is 0 Å². The van der Waals surface area contributed by atoms with Crippen LogP contribution in [0.4, 0.5) is 0 Å². The van der Waals surface area contributed by atoms with E-state index in [0.29, 0.717) is 0 Å². The van der Waals surface area contributed by atoms with Crippen molar-refractivity contribution in [2.45, 2.75) is 6.03 Å². The summed E-state index contributed by atoms with van der Waals surface area (Å²) in [6.45, 7) is 0. The third-order valence-electron chi connectivity index (χ3n) is 0.146. The molecule has 5 nitrogen and oxygen atoms in total. The molecule has 6 heavy (non-hydrogen) atoms. The molecule has 0 bridgehead atoms. The highest BCUT2D eigenvalue weighted by Crippen LogP contribution is 1.76. The Balaban J connectivity index is 3.17. The number of hydrogen-bond acceptors (Lipinski definition) is 5. The van der Waals surface area contributed by atoms with Gasteiger partial charge in [-0.3, -0.25) is 11.5 Å². The molecule has 0 saturated heterocycles. The first-order valence-corrected chi connectivity index (χ1v) is 1.19. The Hall–Kier alpha value is -0.200. The van der Waals surface area contributed by atoms with Crippen LogP contribution in [0.3, 0.4) is 0 Å². The van der Waals surface area contributed by atoms with E-state index in [1.165, 1.54) is 0 Å². The summed E-state index contributed by atoms with van der Waals surface area (Å²) >= 11 is 0. The topological polar surface area (TPSA) is 102 Å². The summed E-state index contributed by atoms with van der Waals surface area (Å²) in [6.07, 6.45) is 0. The van der Waals surface area contributed by atoms with Crippen molar-refractivity contribution in [2.24, 2.45) is 11.5 Å². The highest BCUT2D eigenvalue weighted by Gasteiger charge is 2.11. The first-order chi connectivity index (χ1) is 2.56. The van der Waals surface area contributed by atoms with Crippen LogP contribution < -0.4 is 11.5 Å². The summed E-state index contributed by atoms with van der Waals surface area (Å²) in [4.78, 5) is 3.05. The molecule has 0 aliphatic carbocycles. The first-order valence-electron chi connectivity index (χ1n) is 1.19. The Morgan fingerprint density at radius 3 is 1.67 bits per heavy atom. The molecule has 0 aromatic heterocycles. The van der Waals surface area contributed by atoms with Crippen LogP contribution in [-0.4, -0.2) is 16.4 Å². The summed E-state index contributed by atoms with van der Waals surface area (Å²) in [5.74, 6) is 0. The van der Waals surface area contributed by atoms with Crippen LogP contribution in [0.25, 0.3) is 0 Å². The SMILES string of the molecule is NC(N)(O)OO. The van der Waals surface area contributed by atoms with E-state index in [-0.39, 0.29) is 0 Å². The number of aliphatic hydroxyl groups is 1. The van der Waals surface area contributed by atoms with Crippen LogP contribution in [0.2, 0.25) is 0 Å². The van der Waals surface area contributed by atoms with Crippen LogP contribution in [0.15, 0.2) is 0 Å². The van der Waals surface area contributed by atoms with Gasteiger partial charge in [0.15, 0.2) is 0 Å². The molecule has 0 amide bonds. The van der Waals surface area contributed by atoms with Crippen molar-refractivity contribution in [1.82, 2.24) is 0 Å². The van der Waals surface area contributed by atoms with Gasteiger partial charge in [0.1, 0.15) is 0 Å². The Morgan fingerprint density at radius 1 is 1.50 bits per heavy atom. The molecule has 0 spiro atoms. The van der Waals surface area contributed by atoms with E-state index in [1.54, 1.807) is 0 Å². The van der Waals surface area contributed by atoms with Crippen LogP contribution >= 0.6 is 0 Å². The highest BCUT2D eigenvalue weighted by molar-refractivity contribution is 4.33. The quantitative estimate of drug-likeness (QED) is 0.171. The average Bonchev–Trinajstić information content (AvgIpc) is 1.35. The molecule has 38 valence electrons. The number of hydrogen-bond donors (Lipinski definition) is 4. The van der Waals surface area contributed by atoms with Crippen LogP contribution in [0, 0.1) is 0 Å². The molecular weight excluding hydrogens is 88.0 g/mol. The number of rotatable bonds is 1. The second kappa shape index (κ2) is 1.50. The maximum atomic E-state index is 7.91. The first kappa shape index (κ1) is 5.80. The van der Waals surface area contributed by atoms with Gasteiger partial charge in [0.25, 0.3) is 0 Å². The van der Waals surface area contributed by atoms with E-state index in [4.69, 9.17) is 10.4 Å². The van der Waals surface area contributed by atoms with Crippen molar-refractivity contribution in [3.05, 3.63) is 0 Å². The Morgan fingerprint density at radius 2 is 1.67 bits per heavy atom. The summed E-state index contributed by atoms with van der Waals surface area (Å²) in [6, 6.07) is -2.40. The Kier molecular flexibility index (Phi) is 1.45. The zero-order valence-corrected chi connectivity index (χ0v) is 2.96. The second-order valence-corrected chi connectivity index (χ2v) is 0.843. The number of nitrogens with two attached hydrogens (primary N) is 2. The minimum absolute atomic E-state index is 2.40. The van der Waals surface area contributed by atoms with E-state index >= 15 is 0 Å². The molecule has 0 unspecified atom stereocenters. The lowest BCUT2D eigenvalue weighted by Gasteiger charge is -2.09. The third-order valence-corrected chi connectivity index (χ3v) is 0.146. The predicted octanol–water partition coefficient (Wildman–Crippen LogP) is -2.00. The maximum absolute atomic E-state index is 7.91. The summed E-state index contributed by atoms with van der Waals surface area (Å²) in [5.41, 5.74) is 8.79. The van der Waals surface area contributed by atoms with Gasteiger partial charge < -0.3 is 5.11 Å². The normalized spacial score (nSPS) is 12.0. The molecule has 0 aromatic rings. The zero-order valence-electron chi connectivity index (χ0n) is 2.96. The zero-order chi connectivity index (χ0) is 5.21. The van der Waals surface area contributed by atoms with E-state index in [2.05, 4.69) is 16.4 Å². The molecule has 0 atom stereocenters. The average molecular weight is 94.1 g/mol. The molecule has 0 aromatic carbocycles. The molecule has 0 fully saturated rings. The van der Waals surface area contributed by atoms with Gasteiger partial charge in [0.05, 0.1) is 0 Å². The smallest absolute Gasteiger partial charge is 0.312 e. The molecule has 5 heteroatoms. The second-order valence-electron chi connectivity index (χ2n) is 0.843. The summed E-state index contributed by atoms with van der Waals surface area (Å²) in [7, 11) is 0. The fourth-order valence-corrected chi connectivity index (χ4v) is 0. The van der Waals surface area contributed by atoms with Crippen molar-refractivity contribution in [3.63, 3.8) is 0 Å². The van der Waals surface area contributed by atoms with Gasteiger partial charge in [-0.25, -0.2) is 5.26 Å². The minimum atomic E-state index is -2.40. The van der Waals surface area contributed by atoms with Crippen LogP contribution in [0.1, 0.15) is 0 Å². The van der Waals surface area contributed by atoms with Gasteiger partial charge in [-0.05, 0) is 0 Å². The Labute approximate surface area is 34.1 Å². The van der Waals surface area contributed by atoms with Crippen molar-refractivity contribution >= 4 is 0 Å². The fourth-order valence-electron chi connectivity index (χ4n) is 0. The van der Waals surface area contributed by atoms with Crippen molar-refractivity contribution in [1.29, 1.82) is 0 Å². The van der Waals surface area contributed by atoms with Crippen LogP contribution in [0.5, 0.6) is 0 Å². The van der Waals surface area contributed by atoms with E-state index < -0.39 is 6.03 Å². The molecular formula is CH6N2O3. The monoisotopic (exact) mass is 94.0 g/mol. The van der Waals surface area contributed by atoms with E-state index in [1.807, 2.05) is 0 Å². The van der Waals surface area contributed by atoms with Crippen molar-refractivity contribution < 1.29 is 15.3 Å². The lowest BCUT2D eigenvalue weighted by Crippen LogP contribution is -2.50.